The normalized spacial score (nSPS) is 9.88. The maximum atomic E-state index is 4.95. The summed E-state index contributed by atoms with van der Waals surface area (Å²) in [4.78, 5) is 0. The monoisotopic (exact) mass is 221 g/mol. The van der Waals surface area contributed by atoms with Crippen molar-refractivity contribution in [2.24, 2.45) is 0 Å². The number of nitrogens with zero attached hydrogens (tertiary/aromatic N) is 2. The summed E-state index contributed by atoms with van der Waals surface area (Å²) >= 11 is 0. The Morgan fingerprint density at radius 2 is 2.44 bits per heavy atom. The number of hydrogen-bond acceptors (Lipinski definition) is 3. The van der Waals surface area contributed by atoms with E-state index in [0.717, 1.165) is 38.4 Å². The number of aryl methyl sites for hydroxylation is 1. The van der Waals surface area contributed by atoms with Gasteiger partial charge in [-0.1, -0.05) is 0 Å². The quantitative estimate of drug-likeness (QED) is 0.552. The molecule has 0 atom stereocenters. The Kier molecular flexibility index (Phi) is 6.31. The molecule has 1 aromatic rings. The summed E-state index contributed by atoms with van der Waals surface area (Å²) < 4.78 is 6.88. The molecule has 0 fully saturated rings. The summed E-state index contributed by atoms with van der Waals surface area (Å²) in [5.74, 6) is 5.90. The van der Waals surface area contributed by atoms with Gasteiger partial charge in [-0.2, -0.15) is 5.10 Å². The Labute approximate surface area is 97.0 Å². The van der Waals surface area contributed by atoms with Crippen molar-refractivity contribution < 1.29 is 4.74 Å². The van der Waals surface area contributed by atoms with Gasteiger partial charge in [-0.05, 0) is 13.0 Å². The zero-order chi connectivity index (χ0) is 11.6. The highest BCUT2D eigenvalue weighted by Gasteiger charge is 1.97. The SMILES string of the molecule is CC#CCCn1ccc(CNCCOC)n1. The molecule has 0 amide bonds. The van der Waals surface area contributed by atoms with E-state index in [4.69, 9.17) is 4.74 Å². The third-order valence-electron chi connectivity index (χ3n) is 2.13. The Bertz CT molecular complexity index is 349. The maximum absolute atomic E-state index is 4.95. The van der Waals surface area contributed by atoms with Crippen LogP contribution in [0.5, 0.6) is 0 Å². The molecule has 0 aliphatic rings. The second kappa shape index (κ2) is 7.91. The smallest absolute Gasteiger partial charge is 0.0762 e. The van der Waals surface area contributed by atoms with Crippen molar-refractivity contribution in [3.63, 3.8) is 0 Å². The van der Waals surface area contributed by atoms with Crippen LogP contribution in [0.2, 0.25) is 0 Å². The first-order valence-electron chi connectivity index (χ1n) is 5.48. The summed E-state index contributed by atoms with van der Waals surface area (Å²) in [6.07, 6.45) is 2.85. The molecule has 0 aromatic carbocycles. The van der Waals surface area contributed by atoms with Crippen molar-refractivity contribution in [2.75, 3.05) is 20.3 Å². The van der Waals surface area contributed by atoms with E-state index in [1.165, 1.54) is 0 Å². The standard InChI is InChI=1S/C12H19N3O/c1-3-4-5-8-15-9-6-12(14-15)11-13-7-10-16-2/h6,9,13H,5,7-8,10-11H2,1-2H3. The fourth-order valence-corrected chi connectivity index (χ4v) is 1.31. The number of hydrogen-bond donors (Lipinski definition) is 1. The van der Waals surface area contributed by atoms with E-state index in [-0.39, 0.29) is 0 Å². The van der Waals surface area contributed by atoms with Gasteiger partial charge in [0.05, 0.1) is 18.8 Å². The van der Waals surface area contributed by atoms with E-state index in [2.05, 4.69) is 22.3 Å². The van der Waals surface area contributed by atoms with Crippen molar-refractivity contribution in [3.8, 4) is 11.8 Å². The topological polar surface area (TPSA) is 39.1 Å². The lowest BCUT2D eigenvalue weighted by molar-refractivity contribution is 0.199. The zero-order valence-electron chi connectivity index (χ0n) is 9.99. The second-order valence-corrected chi connectivity index (χ2v) is 3.42. The summed E-state index contributed by atoms with van der Waals surface area (Å²) in [5.41, 5.74) is 1.06. The maximum Gasteiger partial charge on any atom is 0.0762 e. The molecule has 0 unspecified atom stereocenters. The van der Waals surface area contributed by atoms with Gasteiger partial charge in [-0.25, -0.2) is 0 Å². The molecule has 88 valence electrons. The molecule has 0 radical (unpaired) electrons. The fourth-order valence-electron chi connectivity index (χ4n) is 1.31. The van der Waals surface area contributed by atoms with E-state index < -0.39 is 0 Å². The van der Waals surface area contributed by atoms with Gasteiger partial charge >= 0.3 is 0 Å². The molecule has 0 aliphatic heterocycles. The van der Waals surface area contributed by atoms with Crippen molar-refractivity contribution in [1.82, 2.24) is 15.1 Å². The van der Waals surface area contributed by atoms with E-state index >= 15 is 0 Å². The van der Waals surface area contributed by atoms with Gasteiger partial charge in [0.15, 0.2) is 0 Å². The number of ether oxygens (including phenoxy) is 1. The first kappa shape index (κ1) is 12.8. The molecule has 0 spiro atoms. The van der Waals surface area contributed by atoms with Gasteiger partial charge in [0.25, 0.3) is 0 Å². The minimum atomic E-state index is 0.729. The highest BCUT2D eigenvalue weighted by atomic mass is 16.5. The van der Waals surface area contributed by atoms with Crippen LogP contribution in [-0.2, 0) is 17.8 Å². The van der Waals surface area contributed by atoms with Crippen LogP contribution in [0.1, 0.15) is 19.0 Å². The van der Waals surface area contributed by atoms with E-state index in [1.807, 2.05) is 23.9 Å². The van der Waals surface area contributed by atoms with E-state index in [0.29, 0.717) is 0 Å². The summed E-state index contributed by atoms with van der Waals surface area (Å²) in [7, 11) is 1.70. The molecule has 0 aliphatic carbocycles. The predicted molar refractivity (Wildman–Crippen MR) is 63.9 cm³/mol. The van der Waals surface area contributed by atoms with Gasteiger partial charge < -0.3 is 10.1 Å². The highest BCUT2D eigenvalue weighted by Crippen LogP contribution is 1.96. The van der Waals surface area contributed by atoms with Crippen LogP contribution in [0.3, 0.4) is 0 Å². The van der Waals surface area contributed by atoms with Gasteiger partial charge in [0, 0.05) is 32.8 Å². The lowest BCUT2D eigenvalue weighted by atomic mass is 10.4. The molecule has 1 rings (SSSR count). The van der Waals surface area contributed by atoms with Crippen LogP contribution in [-0.4, -0.2) is 30.0 Å². The molecule has 4 nitrogen and oxygen atoms in total. The largest absolute Gasteiger partial charge is 0.383 e. The number of rotatable bonds is 7. The van der Waals surface area contributed by atoms with Crippen LogP contribution < -0.4 is 5.32 Å². The average Bonchev–Trinajstić information content (AvgIpc) is 2.73. The minimum Gasteiger partial charge on any atom is -0.383 e. The average molecular weight is 221 g/mol. The molecule has 1 aromatic heterocycles. The molecular weight excluding hydrogens is 202 g/mol. The van der Waals surface area contributed by atoms with Gasteiger partial charge in [-0.15, -0.1) is 11.8 Å². The predicted octanol–water partition coefficient (Wildman–Crippen LogP) is 1.03. The highest BCUT2D eigenvalue weighted by molar-refractivity contribution is 4.99. The second-order valence-electron chi connectivity index (χ2n) is 3.42. The first-order chi connectivity index (χ1) is 7.86. The van der Waals surface area contributed by atoms with Crippen LogP contribution in [0.15, 0.2) is 12.3 Å². The third-order valence-corrected chi connectivity index (χ3v) is 2.13. The Morgan fingerprint density at radius 1 is 1.56 bits per heavy atom. The number of nitrogens with one attached hydrogen (secondary N) is 1. The fraction of sp³-hybridized carbons (Fsp3) is 0.583. The Balaban J connectivity index is 2.24. The summed E-state index contributed by atoms with van der Waals surface area (Å²) in [6, 6.07) is 2.03. The Hall–Kier alpha value is -1.31. The lowest BCUT2D eigenvalue weighted by Crippen LogP contribution is -2.18. The minimum absolute atomic E-state index is 0.729. The van der Waals surface area contributed by atoms with Crippen molar-refractivity contribution in [2.45, 2.75) is 26.4 Å². The number of aromatic nitrogens is 2. The van der Waals surface area contributed by atoms with E-state index in [9.17, 15) is 0 Å². The molecule has 16 heavy (non-hydrogen) atoms. The van der Waals surface area contributed by atoms with E-state index in [1.54, 1.807) is 7.11 Å². The van der Waals surface area contributed by atoms with Gasteiger partial charge in [-0.3, -0.25) is 4.68 Å². The molecule has 0 bridgehead atoms. The van der Waals surface area contributed by atoms with Gasteiger partial charge in [0.1, 0.15) is 0 Å². The van der Waals surface area contributed by atoms with Crippen LogP contribution in [0.4, 0.5) is 0 Å². The summed E-state index contributed by atoms with van der Waals surface area (Å²) in [6.45, 7) is 5.08. The number of methoxy groups -OCH3 is 1. The molecule has 4 heteroatoms. The van der Waals surface area contributed by atoms with Crippen molar-refractivity contribution in [1.29, 1.82) is 0 Å². The third kappa shape index (κ3) is 4.96. The van der Waals surface area contributed by atoms with Crippen LogP contribution in [0, 0.1) is 11.8 Å². The lowest BCUT2D eigenvalue weighted by Gasteiger charge is -2.01. The molecule has 0 saturated carbocycles. The van der Waals surface area contributed by atoms with Crippen molar-refractivity contribution in [3.05, 3.63) is 18.0 Å². The first-order valence-corrected chi connectivity index (χ1v) is 5.48. The van der Waals surface area contributed by atoms with Crippen molar-refractivity contribution >= 4 is 0 Å². The zero-order valence-corrected chi connectivity index (χ0v) is 9.99. The Morgan fingerprint density at radius 3 is 3.19 bits per heavy atom. The summed E-state index contributed by atoms with van der Waals surface area (Å²) in [5, 5.41) is 7.68. The van der Waals surface area contributed by atoms with Crippen LogP contribution >= 0.6 is 0 Å². The van der Waals surface area contributed by atoms with Gasteiger partial charge in [0.2, 0.25) is 0 Å². The molecule has 1 heterocycles. The molecular formula is C12H19N3O. The molecule has 0 saturated heterocycles. The molecule has 1 N–H and O–H groups in total. The van der Waals surface area contributed by atoms with Crippen LogP contribution in [0.25, 0.3) is 0 Å².